The standard InChI is InChI=1S/C10H12ClN3O4S/c11-8-2-1-3-9(8)13-19(17,18)7-4-5-10(12-6-7)14(15)16/h4-6,8-9,13H,1-3H2. The molecule has 0 amide bonds. The van der Waals surface area contributed by atoms with Crippen LogP contribution in [0.1, 0.15) is 19.3 Å². The fourth-order valence-electron chi connectivity index (χ4n) is 1.95. The number of nitrogens with zero attached hydrogens (tertiary/aromatic N) is 2. The van der Waals surface area contributed by atoms with Gasteiger partial charge in [-0.2, -0.15) is 0 Å². The van der Waals surface area contributed by atoms with Crippen molar-refractivity contribution in [2.45, 2.75) is 35.6 Å². The summed E-state index contributed by atoms with van der Waals surface area (Å²) in [5.41, 5.74) is 0. The number of rotatable bonds is 4. The largest absolute Gasteiger partial charge is 0.363 e. The molecule has 2 unspecified atom stereocenters. The Hall–Kier alpha value is -1.25. The normalized spacial score (nSPS) is 23.4. The number of halogens is 1. The maximum absolute atomic E-state index is 12.0. The first kappa shape index (κ1) is 14.2. The smallest absolute Gasteiger partial charge is 0.358 e. The number of aromatic nitrogens is 1. The van der Waals surface area contributed by atoms with Crippen molar-refractivity contribution in [1.29, 1.82) is 0 Å². The van der Waals surface area contributed by atoms with Gasteiger partial charge >= 0.3 is 5.82 Å². The Balaban J connectivity index is 2.17. The van der Waals surface area contributed by atoms with Crippen LogP contribution in [0.5, 0.6) is 0 Å². The molecule has 0 aliphatic heterocycles. The zero-order valence-electron chi connectivity index (χ0n) is 9.82. The van der Waals surface area contributed by atoms with Crippen LogP contribution >= 0.6 is 11.6 Å². The van der Waals surface area contributed by atoms with Crippen molar-refractivity contribution in [2.24, 2.45) is 0 Å². The minimum absolute atomic E-state index is 0.103. The summed E-state index contributed by atoms with van der Waals surface area (Å²) < 4.78 is 26.6. The zero-order chi connectivity index (χ0) is 14.0. The van der Waals surface area contributed by atoms with Gasteiger partial charge in [0.2, 0.25) is 10.0 Å². The predicted octanol–water partition coefficient (Wildman–Crippen LogP) is 1.43. The van der Waals surface area contributed by atoms with Crippen molar-refractivity contribution in [1.82, 2.24) is 9.71 Å². The first-order valence-corrected chi connectivity index (χ1v) is 7.59. The number of sulfonamides is 1. The second-order valence-electron chi connectivity index (χ2n) is 4.28. The molecule has 1 aliphatic rings. The van der Waals surface area contributed by atoms with Crippen molar-refractivity contribution in [2.75, 3.05) is 0 Å². The van der Waals surface area contributed by atoms with Crippen LogP contribution in [0, 0.1) is 10.1 Å². The van der Waals surface area contributed by atoms with Crippen LogP contribution in [0.2, 0.25) is 0 Å². The Morgan fingerprint density at radius 1 is 1.42 bits per heavy atom. The molecule has 9 heteroatoms. The molecule has 0 radical (unpaired) electrons. The van der Waals surface area contributed by atoms with Crippen molar-refractivity contribution >= 4 is 27.4 Å². The van der Waals surface area contributed by atoms with Gasteiger partial charge in [-0.05, 0) is 28.8 Å². The molecule has 1 heterocycles. The van der Waals surface area contributed by atoms with Gasteiger partial charge in [-0.15, -0.1) is 11.6 Å². The molecule has 0 aromatic carbocycles. The topological polar surface area (TPSA) is 102 Å². The van der Waals surface area contributed by atoms with Gasteiger partial charge in [0, 0.05) is 17.5 Å². The second kappa shape index (κ2) is 5.40. The summed E-state index contributed by atoms with van der Waals surface area (Å²) >= 11 is 6.01. The first-order valence-electron chi connectivity index (χ1n) is 5.67. The van der Waals surface area contributed by atoms with Gasteiger partial charge in [0.15, 0.2) is 6.20 Å². The number of hydrogen-bond acceptors (Lipinski definition) is 5. The van der Waals surface area contributed by atoms with Gasteiger partial charge in [-0.1, -0.05) is 6.42 Å². The van der Waals surface area contributed by atoms with Crippen LogP contribution in [0.4, 0.5) is 5.82 Å². The lowest BCUT2D eigenvalue weighted by Crippen LogP contribution is -2.37. The van der Waals surface area contributed by atoms with Crippen molar-refractivity contribution < 1.29 is 13.3 Å². The maximum Gasteiger partial charge on any atom is 0.363 e. The van der Waals surface area contributed by atoms with E-state index in [0.29, 0.717) is 6.42 Å². The minimum Gasteiger partial charge on any atom is -0.358 e. The van der Waals surface area contributed by atoms with Gasteiger partial charge in [-0.3, -0.25) is 0 Å². The van der Waals surface area contributed by atoms with Crippen LogP contribution in [0.25, 0.3) is 0 Å². The molecule has 2 rings (SSSR count). The zero-order valence-corrected chi connectivity index (χ0v) is 11.4. The fourth-order valence-corrected chi connectivity index (χ4v) is 3.63. The van der Waals surface area contributed by atoms with Crippen LogP contribution in [-0.4, -0.2) is 29.7 Å². The average Bonchev–Trinajstić information content (AvgIpc) is 2.74. The lowest BCUT2D eigenvalue weighted by atomic mass is 10.3. The number of nitro groups is 1. The molecule has 0 saturated heterocycles. The monoisotopic (exact) mass is 305 g/mol. The molecular weight excluding hydrogens is 294 g/mol. The quantitative estimate of drug-likeness (QED) is 0.515. The molecule has 0 bridgehead atoms. The van der Waals surface area contributed by atoms with E-state index in [1.807, 2.05) is 0 Å². The molecule has 104 valence electrons. The third-order valence-electron chi connectivity index (χ3n) is 2.96. The Kier molecular flexibility index (Phi) is 4.02. The first-order chi connectivity index (χ1) is 8.90. The van der Waals surface area contributed by atoms with Crippen molar-refractivity contribution in [3.63, 3.8) is 0 Å². The van der Waals surface area contributed by atoms with Crippen LogP contribution in [-0.2, 0) is 10.0 Å². The van der Waals surface area contributed by atoms with Gasteiger partial charge < -0.3 is 10.1 Å². The summed E-state index contributed by atoms with van der Waals surface area (Å²) in [6.45, 7) is 0. The molecule has 7 nitrogen and oxygen atoms in total. The maximum atomic E-state index is 12.0. The Morgan fingerprint density at radius 3 is 2.63 bits per heavy atom. The molecule has 1 aromatic heterocycles. The third kappa shape index (κ3) is 3.20. The van der Waals surface area contributed by atoms with E-state index in [9.17, 15) is 18.5 Å². The third-order valence-corrected chi connectivity index (χ3v) is 4.95. The molecule has 1 fully saturated rings. The molecule has 1 saturated carbocycles. The lowest BCUT2D eigenvalue weighted by Gasteiger charge is -2.15. The highest BCUT2D eigenvalue weighted by Gasteiger charge is 2.30. The van der Waals surface area contributed by atoms with Gasteiger partial charge in [-0.25, -0.2) is 13.1 Å². The minimum atomic E-state index is -3.74. The summed E-state index contributed by atoms with van der Waals surface area (Å²) in [7, 11) is -3.74. The highest BCUT2D eigenvalue weighted by Crippen LogP contribution is 2.25. The molecular formula is C10H12ClN3O4S. The van der Waals surface area contributed by atoms with Gasteiger partial charge in [0.1, 0.15) is 4.90 Å². The number of pyridine rings is 1. The summed E-state index contributed by atoms with van der Waals surface area (Å²) in [5, 5.41) is 10.2. The van der Waals surface area contributed by atoms with E-state index in [1.54, 1.807) is 0 Å². The van der Waals surface area contributed by atoms with Gasteiger partial charge in [0.25, 0.3) is 0 Å². The molecule has 0 spiro atoms. The number of hydrogen-bond donors (Lipinski definition) is 1. The van der Waals surface area contributed by atoms with Crippen LogP contribution in [0.15, 0.2) is 23.2 Å². The van der Waals surface area contributed by atoms with E-state index in [1.165, 1.54) is 0 Å². The SMILES string of the molecule is O=[N+]([O-])c1ccc(S(=O)(=O)NC2CCCC2Cl)cn1. The Morgan fingerprint density at radius 2 is 2.16 bits per heavy atom. The van der Waals surface area contributed by atoms with E-state index in [0.717, 1.165) is 31.2 Å². The van der Waals surface area contributed by atoms with Crippen molar-refractivity contribution in [3.05, 3.63) is 28.4 Å². The summed E-state index contributed by atoms with van der Waals surface area (Å²) in [4.78, 5) is 13.1. The van der Waals surface area contributed by atoms with E-state index >= 15 is 0 Å². The number of alkyl halides is 1. The molecule has 2 atom stereocenters. The lowest BCUT2D eigenvalue weighted by molar-refractivity contribution is -0.389. The van der Waals surface area contributed by atoms with E-state index in [-0.39, 0.29) is 16.3 Å². The van der Waals surface area contributed by atoms with Crippen LogP contribution < -0.4 is 4.72 Å². The van der Waals surface area contributed by atoms with E-state index < -0.39 is 20.8 Å². The second-order valence-corrected chi connectivity index (χ2v) is 6.56. The average molecular weight is 306 g/mol. The predicted molar refractivity (Wildman–Crippen MR) is 68.5 cm³/mol. The van der Waals surface area contributed by atoms with E-state index in [4.69, 9.17) is 11.6 Å². The Labute approximate surface area is 115 Å². The van der Waals surface area contributed by atoms with Gasteiger partial charge in [0.05, 0.1) is 0 Å². The van der Waals surface area contributed by atoms with Crippen LogP contribution in [0.3, 0.4) is 0 Å². The highest BCUT2D eigenvalue weighted by molar-refractivity contribution is 7.89. The summed E-state index contributed by atoms with van der Waals surface area (Å²) in [5.74, 6) is -0.393. The molecule has 1 N–H and O–H groups in total. The van der Waals surface area contributed by atoms with E-state index in [2.05, 4.69) is 9.71 Å². The summed E-state index contributed by atoms with van der Waals surface area (Å²) in [6, 6.07) is 1.91. The number of nitrogens with one attached hydrogen (secondary N) is 1. The highest BCUT2D eigenvalue weighted by atomic mass is 35.5. The van der Waals surface area contributed by atoms with Crippen molar-refractivity contribution in [3.8, 4) is 0 Å². The Bertz CT molecular complexity index is 575. The summed E-state index contributed by atoms with van der Waals surface area (Å²) in [6.07, 6.45) is 3.31. The molecule has 1 aromatic rings. The molecule has 19 heavy (non-hydrogen) atoms. The molecule has 1 aliphatic carbocycles. The fraction of sp³-hybridized carbons (Fsp3) is 0.500.